The number of hydrogen-bond donors (Lipinski definition) is 0. The van der Waals surface area contributed by atoms with Gasteiger partial charge in [-0.15, -0.1) is 0 Å². The topological polar surface area (TPSA) is 18.5 Å². The summed E-state index contributed by atoms with van der Waals surface area (Å²) in [5.74, 6) is 0.926. The van der Waals surface area contributed by atoms with Crippen molar-refractivity contribution in [2.75, 3.05) is 6.61 Å². The molecule has 0 N–H and O–H groups in total. The van der Waals surface area contributed by atoms with Gasteiger partial charge in [-0.1, -0.05) is 38.3 Å². The van der Waals surface area contributed by atoms with Crippen LogP contribution in [-0.2, 0) is 17.7 Å². The first-order valence-electron chi connectivity index (χ1n) is 6.81. The zero-order chi connectivity index (χ0) is 11.9. The fraction of sp³-hybridized carbons (Fsp3) is 0.600. The predicted octanol–water partition coefficient (Wildman–Crippen LogP) is 4.07. The minimum atomic E-state index is 0.695. The number of hydrogen-bond acceptors (Lipinski definition) is 2. The molecule has 0 atom stereocenters. The monoisotopic (exact) mass is 234 g/mol. The van der Waals surface area contributed by atoms with Crippen LogP contribution in [-0.4, -0.2) is 6.61 Å². The van der Waals surface area contributed by atoms with Gasteiger partial charge in [0.25, 0.3) is 0 Å². The Hall–Kier alpha value is -1.02. The van der Waals surface area contributed by atoms with Crippen LogP contribution >= 0.6 is 0 Å². The summed E-state index contributed by atoms with van der Waals surface area (Å²) in [4.78, 5) is 10.4. The van der Waals surface area contributed by atoms with Crippen molar-refractivity contribution in [3.8, 4) is 5.75 Å². The molecule has 2 rings (SSSR count). The van der Waals surface area contributed by atoms with E-state index in [1.807, 2.05) is 0 Å². The van der Waals surface area contributed by atoms with Crippen molar-refractivity contribution in [2.45, 2.75) is 51.9 Å². The third kappa shape index (κ3) is 3.74. The molecule has 1 aliphatic rings. The molecule has 0 amide bonds. The van der Waals surface area contributed by atoms with Gasteiger partial charge < -0.3 is 4.89 Å². The van der Waals surface area contributed by atoms with Crippen molar-refractivity contribution in [2.24, 2.45) is 0 Å². The van der Waals surface area contributed by atoms with Crippen LogP contribution in [0.2, 0.25) is 0 Å². The van der Waals surface area contributed by atoms with Crippen molar-refractivity contribution in [1.29, 1.82) is 0 Å². The minimum Gasteiger partial charge on any atom is -0.337 e. The second kappa shape index (κ2) is 6.65. The summed E-state index contributed by atoms with van der Waals surface area (Å²) in [5, 5.41) is 0. The largest absolute Gasteiger partial charge is 0.337 e. The Morgan fingerprint density at radius 1 is 1.18 bits per heavy atom. The van der Waals surface area contributed by atoms with Crippen molar-refractivity contribution >= 4 is 0 Å². The van der Waals surface area contributed by atoms with Gasteiger partial charge in [0.05, 0.1) is 6.61 Å². The van der Waals surface area contributed by atoms with Crippen molar-refractivity contribution in [3.05, 3.63) is 29.3 Å². The van der Waals surface area contributed by atoms with Crippen molar-refractivity contribution < 1.29 is 9.78 Å². The number of benzene rings is 1. The highest BCUT2D eigenvalue weighted by molar-refractivity contribution is 5.37. The summed E-state index contributed by atoms with van der Waals surface area (Å²) in [6.45, 7) is 2.94. The molecule has 0 fully saturated rings. The molecule has 0 saturated heterocycles. The summed E-state index contributed by atoms with van der Waals surface area (Å²) in [7, 11) is 0. The van der Waals surface area contributed by atoms with Crippen LogP contribution in [0.15, 0.2) is 18.2 Å². The zero-order valence-electron chi connectivity index (χ0n) is 10.7. The number of unbranched alkanes of at least 4 members (excludes halogenated alkanes) is 3. The van der Waals surface area contributed by atoms with Crippen LogP contribution in [0.5, 0.6) is 5.75 Å². The molecule has 94 valence electrons. The lowest BCUT2D eigenvalue weighted by atomic mass is 10.0. The average Bonchev–Trinajstić information content (AvgIpc) is 2.59. The lowest BCUT2D eigenvalue weighted by Gasteiger charge is -2.07. The van der Waals surface area contributed by atoms with Crippen LogP contribution < -0.4 is 4.89 Å². The van der Waals surface area contributed by atoms with Gasteiger partial charge in [0, 0.05) is 0 Å². The zero-order valence-corrected chi connectivity index (χ0v) is 10.7. The molecule has 0 saturated carbocycles. The minimum absolute atomic E-state index is 0.695. The second-order valence-corrected chi connectivity index (χ2v) is 4.76. The summed E-state index contributed by atoms with van der Waals surface area (Å²) in [6.07, 6.45) is 8.48. The Kier molecular flexibility index (Phi) is 4.87. The first kappa shape index (κ1) is 12.4. The van der Waals surface area contributed by atoms with Crippen LogP contribution in [0.4, 0.5) is 0 Å². The molecule has 2 heteroatoms. The Morgan fingerprint density at radius 2 is 2.12 bits per heavy atom. The maximum atomic E-state index is 5.32. The molecule has 0 radical (unpaired) electrons. The van der Waals surface area contributed by atoms with Gasteiger partial charge >= 0.3 is 0 Å². The first-order valence-corrected chi connectivity index (χ1v) is 6.81. The van der Waals surface area contributed by atoms with Gasteiger partial charge in [-0.2, -0.15) is 4.89 Å². The van der Waals surface area contributed by atoms with Crippen LogP contribution in [0, 0.1) is 0 Å². The molecular formula is C15H22O2. The summed E-state index contributed by atoms with van der Waals surface area (Å²) < 4.78 is 0. The van der Waals surface area contributed by atoms with Crippen molar-refractivity contribution in [3.63, 3.8) is 0 Å². The number of aryl methyl sites for hydroxylation is 2. The SMILES string of the molecule is CCCCCCc1ccc2c(c1)OOCCC2. The fourth-order valence-corrected chi connectivity index (χ4v) is 2.22. The van der Waals surface area contributed by atoms with Gasteiger partial charge in [0.1, 0.15) is 0 Å². The number of rotatable bonds is 5. The quantitative estimate of drug-likeness (QED) is 0.565. The maximum absolute atomic E-state index is 5.32. The highest BCUT2D eigenvalue weighted by Crippen LogP contribution is 2.25. The summed E-state index contributed by atoms with van der Waals surface area (Å²) >= 11 is 0. The molecule has 0 unspecified atom stereocenters. The molecule has 0 bridgehead atoms. The van der Waals surface area contributed by atoms with E-state index in [0.717, 1.165) is 25.0 Å². The Balaban J connectivity index is 1.93. The molecule has 1 heterocycles. The molecule has 1 aromatic carbocycles. The lowest BCUT2D eigenvalue weighted by molar-refractivity contribution is -0.203. The first-order chi connectivity index (χ1) is 8.40. The Bertz CT molecular complexity index is 347. The third-order valence-corrected chi connectivity index (χ3v) is 3.27. The molecule has 2 nitrogen and oxygen atoms in total. The van der Waals surface area contributed by atoms with E-state index in [9.17, 15) is 0 Å². The summed E-state index contributed by atoms with van der Waals surface area (Å²) in [5.41, 5.74) is 2.64. The molecule has 0 aliphatic carbocycles. The smallest absolute Gasteiger partial charge is 0.168 e. The molecule has 0 aromatic heterocycles. The van der Waals surface area contributed by atoms with E-state index < -0.39 is 0 Å². The summed E-state index contributed by atoms with van der Waals surface area (Å²) in [6, 6.07) is 6.57. The van der Waals surface area contributed by atoms with E-state index in [1.165, 1.54) is 36.8 Å². The molecule has 17 heavy (non-hydrogen) atoms. The lowest BCUT2D eigenvalue weighted by Crippen LogP contribution is -1.96. The molecule has 1 aliphatic heterocycles. The van der Waals surface area contributed by atoms with E-state index in [4.69, 9.17) is 9.78 Å². The van der Waals surface area contributed by atoms with Gasteiger partial charge in [-0.05, 0) is 42.9 Å². The standard InChI is InChI=1S/C15H22O2/c1-2-3-4-5-7-13-9-10-14-8-6-11-16-17-15(14)12-13/h9-10,12H,2-8,11H2,1H3. The normalized spacial score (nSPS) is 14.9. The highest BCUT2D eigenvalue weighted by Gasteiger charge is 2.10. The Morgan fingerprint density at radius 3 is 3.00 bits per heavy atom. The van der Waals surface area contributed by atoms with E-state index in [1.54, 1.807) is 0 Å². The van der Waals surface area contributed by atoms with Crippen molar-refractivity contribution in [1.82, 2.24) is 0 Å². The Labute approximate surface area is 104 Å². The van der Waals surface area contributed by atoms with Gasteiger partial charge in [-0.25, -0.2) is 0 Å². The third-order valence-electron chi connectivity index (χ3n) is 3.27. The van der Waals surface area contributed by atoms with Crippen LogP contribution in [0.25, 0.3) is 0 Å². The van der Waals surface area contributed by atoms with E-state index in [0.29, 0.717) is 6.61 Å². The predicted molar refractivity (Wildman–Crippen MR) is 69.2 cm³/mol. The molecule has 1 aromatic rings. The molecule has 0 spiro atoms. The maximum Gasteiger partial charge on any atom is 0.168 e. The van der Waals surface area contributed by atoms with Gasteiger partial charge in [-0.3, -0.25) is 0 Å². The van der Waals surface area contributed by atoms with E-state index in [2.05, 4.69) is 25.1 Å². The van der Waals surface area contributed by atoms with E-state index >= 15 is 0 Å². The van der Waals surface area contributed by atoms with E-state index in [-0.39, 0.29) is 0 Å². The van der Waals surface area contributed by atoms with Crippen LogP contribution in [0.1, 0.15) is 50.2 Å². The number of fused-ring (bicyclic) bond motifs is 1. The van der Waals surface area contributed by atoms with Gasteiger partial charge in [0.2, 0.25) is 0 Å². The van der Waals surface area contributed by atoms with Gasteiger partial charge in [0.15, 0.2) is 5.75 Å². The highest BCUT2D eigenvalue weighted by atomic mass is 17.2. The fourth-order valence-electron chi connectivity index (χ4n) is 2.22. The average molecular weight is 234 g/mol. The molecular weight excluding hydrogens is 212 g/mol. The van der Waals surface area contributed by atoms with Crippen LogP contribution in [0.3, 0.4) is 0 Å². The second-order valence-electron chi connectivity index (χ2n) is 4.76.